The van der Waals surface area contributed by atoms with E-state index in [4.69, 9.17) is 9.15 Å². The highest BCUT2D eigenvalue weighted by Crippen LogP contribution is 2.35. The van der Waals surface area contributed by atoms with Crippen molar-refractivity contribution in [2.24, 2.45) is 0 Å². The van der Waals surface area contributed by atoms with E-state index in [9.17, 15) is 8.42 Å². The zero-order valence-electron chi connectivity index (χ0n) is 16.2. The average molecular weight is 426 g/mol. The number of rotatable bonds is 8. The minimum absolute atomic E-state index is 0.00579. The molecule has 28 heavy (non-hydrogen) atoms. The minimum Gasteiger partial charge on any atom is -0.419 e. The van der Waals surface area contributed by atoms with E-state index in [1.165, 1.54) is 23.3 Å². The number of aromatic nitrogens is 2. The number of thiophene rings is 1. The van der Waals surface area contributed by atoms with Crippen LogP contribution in [0.5, 0.6) is 0 Å². The van der Waals surface area contributed by atoms with Gasteiger partial charge in [0, 0.05) is 31.2 Å². The maximum absolute atomic E-state index is 11.9. The molecule has 1 aliphatic heterocycles. The first-order valence-electron chi connectivity index (χ1n) is 9.92. The molecule has 0 aromatic carbocycles. The predicted molar refractivity (Wildman–Crippen MR) is 108 cm³/mol. The van der Waals surface area contributed by atoms with Crippen molar-refractivity contribution >= 4 is 21.2 Å². The third kappa shape index (κ3) is 4.64. The summed E-state index contributed by atoms with van der Waals surface area (Å²) < 4.78 is 34.9. The summed E-state index contributed by atoms with van der Waals surface area (Å²) in [5.41, 5.74) is 1.42. The molecule has 1 unspecified atom stereocenters. The summed E-state index contributed by atoms with van der Waals surface area (Å²) in [5, 5.41) is 8.50. The van der Waals surface area contributed by atoms with Crippen LogP contribution in [0.1, 0.15) is 42.0 Å². The van der Waals surface area contributed by atoms with Crippen LogP contribution in [-0.2, 0) is 34.0 Å². The lowest BCUT2D eigenvalue weighted by molar-refractivity contribution is 0.143. The maximum atomic E-state index is 11.9. The first kappa shape index (κ1) is 20.0. The highest BCUT2D eigenvalue weighted by Gasteiger charge is 2.33. The van der Waals surface area contributed by atoms with Gasteiger partial charge in [0.25, 0.3) is 5.89 Å². The zero-order chi connectivity index (χ0) is 19.6. The topological polar surface area (TPSA) is 85.5 Å². The SMILES string of the molecule is COCCCN(Cc1nnc(-c2cc3c(s2)CCCC3)o1)C1CCS(=O)(=O)C1. The Labute approximate surface area is 170 Å². The van der Waals surface area contributed by atoms with E-state index in [0.717, 1.165) is 30.7 Å². The second kappa shape index (κ2) is 8.61. The Hall–Kier alpha value is -1.29. The summed E-state index contributed by atoms with van der Waals surface area (Å²) in [4.78, 5) is 4.64. The predicted octanol–water partition coefficient (Wildman–Crippen LogP) is 2.70. The number of sulfone groups is 1. The summed E-state index contributed by atoms with van der Waals surface area (Å²) in [6.45, 7) is 1.87. The standard InChI is InChI=1S/C19H27N3O4S2/c1-25-9-4-8-22(15-7-10-28(23,24)13-15)12-18-20-21-19(26-18)17-11-14-5-2-3-6-16(14)27-17/h11,15H,2-10,12-13H2,1H3. The molecule has 1 saturated heterocycles. The first-order valence-corrected chi connectivity index (χ1v) is 12.6. The van der Waals surface area contributed by atoms with E-state index < -0.39 is 9.84 Å². The molecule has 154 valence electrons. The van der Waals surface area contributed by atoms with Gasteiger partial charge >= 0.3 is 0 Å². The molecular formula is C19H27N3O4S2. The Morgan fingerprint density at radius 1 is 1.32 bits per heavy atom. The molecule has 2 aliphatic rings. The summed E-state index contributed by atoms with van der Waals surface area (Å²) >= 11 is 1.76. The zero-order valence-corrected chi connectivity index (χ0v) is 17.9. The van der Waals surface area contributed by atoms with Crippen LogP contribution in [0.25, 0.3) is 10.8 Å². The normalized spacial score (nSPS) is 21.3. The number of hydrogen-bond donors (Lipinski definition) is 0. The second-order valence-electron chi connectivity index (χ2n) is 7.64. The van der Waals surface area contributed by atoms with Gasteiger partial charge in [-0.3, -0.25) is 4.90 Å². The highest BCUT2D eigenvalue weighted by molar-refractivity contribution is 7.91. The molecule has 7 nitrogen and oxygen atoms in total. The van der Waals surface area contributed by atoms with Crippen molar-refractivity contribution in [2.45, 2.75) is 51.1 Å². The minimum atomic E-state index is -2.94. The fourth-order valence-corrected chi connectivity index (χ4v) is 6.99. The van der Waals surface area contributed by atoms with Gasteiger partial charge in [-0.25, -0.2) is 8.42 Å². The van der Waals surface area contributed by atoms with Gasteiger partial charge in [-0.2, -0.15) is 0 Å². The maximum Gasteiger partial charge on any atom is 0.257 e. The number of fused-ring (bicyclic) bond motifs is 1. The molecule has 3 heterocycles. The van der Waals surface area contributed by atoms with Crippen LogP contribution in [0.4, 0.5) is 0 Å². The van der Waals surface area contributed by atoms with E-state index in [2.05, 4.69) is 21.2 Å². The van der Waals surface area contributed by atoms with Gasteiger partial charge in [0.05, 0.1) is 22.9 Å². The Morgan fingerprint density at radius 3 is 2.93 bits per heavy atom. The van der Waals surface area contributed by atoms with Gasteiger partial charge in [0.2, 0.25) is 5.89 Å². The molecule has 0 saturated carbocycles. The highest BCUT2D eigenvalue weighted by atomic mass is 32.2. The Morgan fingerprint density at radius 2 is 2.18 bits per heavy atom. The lowest BCUT2D eigenvalue weighted by Crippen LogP contribution is -2.37. The number of aryl methyl sites for hydroxylation is 2. The molecule has 0 N–H and O–H groups in total. The number of methoxy groups -OCH3 is 1. The number of nitrogens with zero attached hydrogens (tertiary/aromatic N) is 3. The summed E-state index contributed by atoms with van der Waals surface area (Å²) in [7, 11) is -1.27. The van der Waals surface area contributed by atoms with Crippen molar-refractivity contribution < 1.29 is 17.6 Å². The molecule has 1 aliphatic carbocycles. The summed E-state index contributed by atoms with van der Waals surface area (Å²) in [6.07, 6.45) is 6.28. The molecular weight excluding hydrogens is 398 g/mol. The van der Waals surface area contributed by atoms with E-state index >= 15 is 0 Å². The molecule has 1 fully saturated rings. The van der Waals surface area contributed by atoms with Gasteiger partial charge in [-0.05, 0) is 50.2 Å². The molecule has 0 amide bonds. The number of ether oxygens (including phenoxy) is 1. The smallest absolute Gasteiger partial charge is 0.257 e. The van der Waals surface area contributed by atoms with E-state index in [1.54, 1.807) is 18.4 Å². The van der Waals surface area contributed by atoms with Gasteiger partial charge in [0.15, 0.2) is 9.84 Å². The van der Waals surface area contributed by atoms with Crippen molar-refractivity contribution in [3.8, 4) is 10.8 Å². The Bertz CT molecular complexity index is 883. The third-order valence-corrected chi connectivity index (χ3v) is 8.51. The van der Waals surface area contributed by atoms with Crippen LogP contribution in [0.3, 0.4) is 0 Å². The molecule has 2 aromatic heterocycles. The van der Waals surface area contributed by atoms with Crippen LogP contribution < -0.4 is 0 Å². The fraction of sp³-hybridized carbons (Fsp3) is 0.684. The van der Waals surface area contributed by atoms with Gasteiger partial charge in [-0.15, -0.1) is 21.5 Å². The number of hydrogen-bond acceptors (Lipinski definition) is 8. The Kier molecular flexibility index (Phi) is 6.15. The monoisotopic (exact) mass is 425 g/mol. The van der Waals surface area contributed by atoms with E-state index in [-0.39, 0.29) is 17.5 Å². The molecule has 2 aromatic rings. The lowest BCUT2D eigenvalue weighted by atomic mass is 9.99. The molecule has 1 atom stereocenters. The van der Waals surface area contributed by atoms with Gasteiger partial charge in [0.1, 0.15) is 0 Å². The second-order valence-corrected chi connectivity index (χ2v) is 11.0. The average Bonchev–Trinajstić information content (AvgIpc) is 3.38. The van der Waals surface area contributed by atoms with Crippen molar-refractivity contribution in [1.82, 2.24) is 15.1 Å². The van der Waals surface area contributed by atoms with Crippen LogP contribution in [-0.4, -0.2) is 61.3 Å². The fourth-order valence-electron chi connectivity index (χ4n) is 4.05. The van der Waals surface area contributed by atoms with E-state index in [0.29, 0.717) is 31.4 Å². The lowest BCUT2D eigenvalue weighted by Gasteiger charge is -2.26. The quantitative estimate of drug-likeness (QED) is 0.601. The van der Waals surface area contributed by atoms with Crippen molar-refractivity contribution in [3.63, 3.8) is 0 Å². The van der Waals surface area contributed by atoms with Crippen LogP contribution >= 0.6 is 11.3 Å². The first-order chi connectivity index (χ1) is 13.5. The van der Waals surface area contributed by atoms with E-state index in [1.807, 2.05) is 0 Å². The molecule has 0 spiro atoms. The Balaban J connectivity index is 1.47. The molecule has 9 heteroatoms. The summed E-state index contributed by atoms with van der Waals surface area (Å²) in [6, 6.07) is 2.20. The van der Waals surface area contributed by atoms with Crippen LogP contribution in [0.2, 0.25) is 0 Å². The molecule has 0 radical (unpaired) electrons. The summed E-state index contributed by atoms with van der Waals surface area (Å²) in [5.74, 6) is 1.58. The van der Waals surface area contributed by atoms with Gasteiger partial charge in [-0.1, -0.05) is 0 Å². The largest absolute Gasteiger partial charge is 0.419 e. The van der Waals surface area contributed by atoms with Crippen molar-refractivity contribution in [2.75, 3.05) is 31.8 Å². The third-order valence-electron chi connectivity index (χ3n) is 5.53. The van der Waals surface area contributed by atoms with Gasteiger partial charge < -0.3 is 9.15 Å². The molecule has 4 rings (SSSR count). The van der Waals surface area contributed by atoms with Crippen molar-refractivity contribution in [1.29, 1.82) is 0 Å². The van der Waals surface area contributed by atoms with Crippen molar-refractivity contribution in [3.05, 3.63) is 22.4 Å². The van der Waals surface area contributed by atoms with Crippen LogP contribution in [0, 0.1) is 0 Å². The molecule has 0 bridgehead atoms. The van der Waals surface area contributed by atoms with Crippen LogP contribution in [0.15, 0.2) is 10.5 Å².